The molecule has 1 rings (SSSR count). The van der Waals surface area contributed by atoms with Crippen molar-refractivity contribution < 1.29 is 4.79 Å². The lowest BCUT2D eigenvalue weighted by Crippen LogP contribution is -2.27. The molecule has 0 heterocycles. The van der Waals surface area contributed by atoms with Crippen LogP contribution >= 0.6 is 0 Å². The van der Waals surface area contributed by atoms with Crippen molar-refractivity contribution in [1.29, 1.82) is 0 Å². The molecule has 0 bridgehead atoms. The van der Waals surface area contributed by atoms with Crippen molar-refractivity contribution in [3.63, 3.8) is 0 Å². The molecule has 0 fully saturated rings. The fourth-order valence-electron chi connectivity index (χ4n) is 1.33. The normalized spacial score (nSPS) is 10.4. The van der Waals surface area contributed by atoms with E-state index >= 15 is 0 Å². The van der Waals surface area contributed by atoms with E-state index in [4.69, 9.17) is 5.73 Å². The summed E-state index contributed by atoms with van der Waals surface area (Å²) in [5, 5.41) is 2.88. The minimum Gasteiger partial charge on any atom is -0.399 e. The molecule has 1 aromatic carbocycles. The van der Waals surface area contributed by atoms with Gasteiger partial charge in [0.2, 0.25) is 0 Å². The van der Waals surface area contributed by atoms with Crippen LogP contribution in [0.4, 0.5) is 5.69 Å². The van der Waals surface area contributed by atoms with Crippen molar-refractivity contribution in [3.8, 4) is 0 Å². The summed E-state index contributed by atoms with van der Waals surface area (Å²) in [5.41, 5.74) is 7.92. The molecule has 0 aliphatic carbocycles. The second kappa shape index (κ2) is 4.82. The van der Waals surface area contributed by atoms with Gasteiger partial charge >= 0.3 is 0 Å². The van der Waals surface area contributed by atoms with Crippen LogP contribution in [0.25, 0.3) is 0 Å². The molecular formula is C12H18N2O. The molecule has 1 amide bonds. The molecule has 0 unspecified atom stereocenters. The van der Waals surface area contributed by atoms with E-state index in [1.54, 1.807) is 12.1 Å². The van der Waals surface area contributed by atoms with E-state index in [0.29, 0.717) is 23.7 Å². The van der Waals surface area contributed by atoms with Crippen LogP contribution in [0.2, 0.25) is 0 Å². The third-order valence-electron chi connectivity index (χ3n) is 2.17. The third kappa shape index (κ3) is 3.27. The van der Waals surface area contributed by atoms with Crippen LogP contribution in [-0.2, 0) is 0 Å². The Kier molecular flexibility index (Phi) is 3.72. The van der Waals surface area contributed by atoms with E-state index in [1.165, 1.54) is 0 Å². The van der Waals surface area contributed by atoms with Gasteiger partial charge in [0.15, 0.2) is 0 Å². The van der Waals surface area contributed by atoms with Crippen LogP contribution in [-0.4, -0.2) is 12.5 Å². The fourth-order valence-corrected chi connectivity index (χ4v) is 1.33. The Bertz CT molecular complexity index is 359. The van der Waals surface area contributed by atoms with E-state index in [0.717, 1.165) is 5.56 Å². The molecule has 0 aliphatic rings. The summed E-state index contributed by atoms with van der Waals surface area (Å²) in [6.07, 6.45) is 0. The van der Waals surface area contributed by atoms with Gasteiger partial charge in [-0.15, -0.1) is 0 Å². The Morgan fingerprint density at radius 3 is 2.67 bits per heavy atom. The second-order valence-corrected chi connectivity index (χ2v) is 4.18. The lowest BCUT2D eigenvalue weighted by Gasteiger charge is -2.09. The summed E-state index contributed by atoms with van der Waals surface area (Å²) in [7, 11) is 0. The SMILES string of the molecule is Cc1cc(N)ccc1C(=O)NCC(C)C. The first-order valence-corrected chi connectivity index (χ1v) is 5.15. The molecule has 3 N–H and O–H groups in total. The summed E-state index contributed by atoms with van der Waals surface area (Å²) < 4.78 is 0. The predicted molar refractivity (Wildman–Crippen MR) is 62.8 cm³/mol. The number of benzene rings is 1. The lowest BCUT2D eigenvalue weighted by atomic mass is 10.1. The first-order chi connectivity index (χ1) is 7.00. The van der Waals surface area contributed by atoms with Gasteiger partial charge in [-0.3, -0.25) is 4.79 Å². The van der Waals surface area contributed by atoms with Gasteiger partial charge in [0.25, 0.3) is 5.91 Å². The number of rotatable bonds is 3. The Labute approximate surface area is 90.7 Å². The molecule has 0 saturated carbocycles. The van der Waals surface area contributed by atoms with Gasteiger partial charge in [0.05, 0.1) is 0 Å². The molecule has 1 aromatic rings. The van der Waals surface area contributed by atoms with Gasteiger partial charge in [0.1, 0.15) is 0 Å². The van der Waals surface area contributed by atoms with Crippen molar-refractivity contribution in [2.24, 2.45) is 5.92 Å². The van der Waals surface area contributed by atoms with E-state index in [-0.39, 0.29) is 5.91 Å². The molecule has 0 radical (unpaired) electrons. The zero-order valence-corrected chi connectivity index (χ0v) is 9.50. The van der Waals surface area contributed by atoms with Crippen molar-refractivity contribution in [1.82, 2.24) is 5.32 Å². The topological polar surface area (TPSA) is 55.1 Å². The Hall–Kier alpha value is -1.51. The summed E-state index contributed by atoms with van der Waals surface area (Å²) in [4.78, 5) is 11.7. The highest BCUT2D eigenvalue weighted by Gasteiger charge is 2.08. The van der Waals surface area contributed by atoms with Crippen LogP contribution in [0, 0.1) is 12.8 Å². The molecule has 0 atom stereocenters. The highest BCUT2D eigenvalue weighted by molar-refractivity contribution is 5.95. The zero-order valence-electron chi connectivity index (χ0n) is 9.50. The van der Waals surface area contributed by atoms with Crippen molar-refractivity contribution in [2.45, 2.75) is 20.8 Å². The van der Waals surface area contributed by atoms with Crippen molar-refractivity contribution >= 4 is 11.6 Å². The highest BCUT2D eigenvalue weighted by Crippen LogP contribution is 2.12. The number of hydrogen-bond donors (Lipinski definition) is 2. The maximum atomic E-state index is 11.7. The number of amides is 1. The molecular weight excluding hydrogens is 188 g/mol. The smallest absolute Gasteiger partial charge is 0.251 e. The van der Waals surface area contributed by atoms with Gasteiger partial charge in [-0.1, -0.05) is 13.8 Å². The van der Waals surface area contributed by atoms with Crippen LogP contribution in [0.1, 0.15) is 29.8 Å². The second-order valence-electron chi connectivity index (χ2n) is 4.18. The van der Waals surface area contributed by atoms with Gasteiger partial charge in [-0.2, -0.15) is 0 Å². The van der Waals surface area contributed by atoms with Crippen molar-refractivity contribution in [3.05, 3.63) is 29.3 Å². The van der Waals surface area contributed by atoms with Gasteiger partial charge in [-0.25, -0.2) is 0 Å². The molecule has 3 nitrogen and oxygen atoms in total. The molecule has 0 spiro atoms. The Morgan fingerprint density at radius 2 is 2.13 bits per heavy atom. The highest BCUT2D eigenvalue weighted by atomic mass is 16.1. The maximum absolute atomic E-state index is 11.7. The number of carbonyl (C=O) groups is 1. The number of nitrogens with two attached hydrogens (primary N) is 1. The quantitative estimate of drug-likeness (QED) is 0.743. The summed E-state index contributed by atoms with van der Waals surface area (Å²) in [6.45, 7) is 6.72. The number of carbonyl (C=O) groups excluding carboxylic acids is 1. The minimum absolute atomic E-state index is 0.0267. The molecule has 0 saturated heterocycles. The number of hydrogen-bond acceptors (Lipinski definition) is 2. The fraction of sp³-hybridized carbons (Fsp3) is 0.417. The zero-order chi connectivity index (χ0) is 11.4. The first kappa shape index (κ1) is 11.6. The average molecular weight is 206 g/mol. The molecule has 3 heteroatoms. The van der Waals surface area contributed by atoms with E-state index < -0.39 is 0 Å². The minimum atomic E-state index is -0.0267. The van der Waals surface area contributed by atoms with Crippen LogP contribution in [0.15, 0.2) is 18.2 Å². The third-order valence-corrected chi connectivity index (χ3v) is 2.17. The molecule has 0 aliphatic heterocycles. The van der Waals surface area contributed by atoms with Crippen LogP contribution in [0.5, 0.6) is 0 Å². The Balaban J connectivity index is 2.74. The standard InChI is InChI=1S/C12H18N2O/c1-8(2)7-14-12(15)11-5-4-10(13)6-9(11)3/h4-6,8H,7,13H2,1-3H3,(H,14,15). The van der Waals surface area contributed by atoms with E-state index in [1.807, 2.05) is 13.0 Å². The van der Waals surface area contributed by atoms with Crippen LogP contribution < -0.4 is 11.1 Å². The maximum Gasteiger partial charge on any atom is 0.251 e. The van der Waals surface area contributed by atoms with Crippen molar-refractivity contribution in [2.75, 3.05) is 12.3 Å². The summed E-state index contributed by atoms with van der Waals surface area (Å²) >= 11 is 0. The van der Waals surface area contributed by atoms with Gasteiger partial charge < -0.3 is 11.1 Å². The van der Waals surface area contributed by atoms with Gasteiger partial charge in [-0.05, 0) is 36.6 Å². The molecule has 15 heavy (non-hydrogen) atoms. The summed E-state index contributed by atoms with van der Waals surface area (Å²) in [5.74, 6) is 0.434. The number of nitrogen functional groups attached to an aromatic ring is 1. The summed E-state index contributed by atoms with van der Waals surface area (Å²) in [6, 6.07) is 5.32. The average Bonchev–Trinajstić information content (AvgIpc) is 2.14. The lowest BCUT2D eigenvalue weighted by molar-refractivity contribution is 0.0948. The van der Waals surface area contributed by atoms with Gasteiger partial charge in [0, 0.05) is 17.8 Å². The number of aryl methyl sites for hydroxylation is 1. The first-order valence-electron chi connectivity index (χ1n) is 5.15. The number of anilines is 1. The monoisotopic (exact) mass is 206 g/mol. The van der Waals surface area contributed by atoms with E-state index in [2.05, 4.69) is 19.2 Å². The number of nitrogens with one attached hydrogen (secondary N) is 1. The predicted octanol–water partition coefficient (Wildman–Crippen LogP) is 1.96. The Morgan fingerprint density at radius 1 is 1.47 bits per heavy atom. The molecule has 0 aromatic heterocycles. The van der Waals surface area contributed by atoms with Crippen LogP contribution in [0.3, 0.4) is 0 Å². The van der Waals surface area contributed by atoms with E-state index in [9.17, 15) is 4.79 Å². The largest absolute Gasteiger partial charge is 0.399 e. The molecule has 82 valence electrons.